The molecule has 0 aliphatic carbocycles. The standard InChI is InChI=1S/C9H9BrN2OS/c1-9(2,5-11)8(13)12-7-4-3-6(10)14-7/h3-4H,1-2H3,(H,12,13). The van der Waals surface area contributed by atoms with Crippen molar-refractivity contribution in [3.05, 3.63) is 15.9 Å². The maximum Gasteiger partial charge on any atom is 0.244 e. The van der Waals surface area contributed by atoms with Gasteiger partial charge in [-0.2, -0.15) is 5.26 Å². The third kappa shape index (κ3) is 2.56. The number of nitrogens with one attached hydrogen (secondary N) is 1. The average Bonchev–Trinajstić information content (AvgIpc) is 2.51. The summed E-state index contributed by atoms with van der Waals surface area (Å²) in [6.07, 6.45) is 0. The highest BCUT2D eigenvalue weighted by Gasteiger charge is 2.27. The Morgan fingerprint density at radius 1 is 1.64 bits per heavy atom. The summed E-state index contributed by atoms with van der Waals surface area (Å²) in [5.41, 5.74) is -0.990. The average molecular weight is 273 g/mol. The molecule has 1 N–H and O–H groups in total. The zero-order valence-corrected chi connectivity index (χ0v) is 10.2. The molecule has 1 aromatic heterocycles. The molecule has 74 valence electrons. The summed E-state index contributed by atoms with van der Waals surface area (Å²) >= 11 is 4.71. The van der Waals surface area contributed by atoms with E-state index in [0.29, 0.717) is 0 Å². The highest BCUT2D eigenvalue weighted by atomic mass is 79.9. The maximum absolute atomic E-state index is 11.5. The van der Waals surface area contributed by atoms with Crippen LogP contribution in [-0.2, 0) is 4.79 Å². The minimum Gasteiger partial charge on any atom is -0.316 e. The van der Waals surface area contributed by atoms with Gasteiger partial charge in [0.2, 0.25) is 5.91 Å². The summed E-state index contributed by atoms with van der Waals surface area (Å²) in [6, 6.07) is 5.59. The van der Waals surface area contributed by atoms with E-state index < -0.39 is 5.41 Å². The van der Waals surface area contributed by atoms with Crippen LogP contribution in [0.1, 0.15) is 13.8 Å². The van der Waals surface area contributed by atoms with Crippen molar-refractivity contribution in [1.29, 1.82) is 5.26 Å². The Labute approximate surface area is 94.9 Å². The topological polar surface area (TPSA) is 52.9 Å². The Hall–Kier alpha value is -0.860. The van der Waals surface area contributed by atoms with Gasteiger partial charge in [-0.1, -0.05) is 0 Å². The van der Waals surface area contributed by atoms with Crippen molar-refractivity contribution in [2.75, 3.05) is 5.32 Å². The number of halogens is 1. The number of anilines is 1. The summed E-state index contributed by atoms with van der Waals surface area (Å²) in [7, 11) is 0. The molecule has 5 heteroatoms. The lowest BCUT2D eigenvalue weighted by Crippen LogP contribution is -2.28. The predicted molar refractivity (Wildman–Crippen MR) is 60.0 cm³/mol. The van der Waals surface area contributed by atoms with Gasteiger partial charge >= 0.3 is 0 Å². The van der Waals surface area contributed by atoms with Crippen molar-refractivity contribution >= 4 is 38.2 Å². The molecule has 1 aromatic rings. The predicted octanol–water partition coefficient (Wildman–Crippen LogP) is 3.00. The summed E-state index contributed by atoms with van der Waals surface area (Å²) in [4.78, 5) is 11.5. The molecule has 0 aliphatic rings. The van der Waals surface area contributed by atoms with Crippen molar-refractivity contribution in [2.24, 2.45) is 5.41 Å². The van der Waals surface area contributed by atoms with Crippen molar-refractivity contribution in [3.63, 3.8) is 0 Å². The Kier molecular flexibility index (Phi) is 3.29. The number of hydrogen-bond donors (Lipinski definition) is 1. The second-order valence-electron chi connectivity index (χ2n) is 3.29. The first-order chi connectivity index (χ1) is 6.45. The zero-order chi connectivity index (χ0) is 10.8. The van der Waals surface area contributed by atoms with Gasteiger partial charge < -0.3 is 5.32 Å². The van der Waals surface area contributed by atoms with Crippen molar-refractivity contribution in [1.82, 2.24) is 0 Å². The van der Waals surface area contributed by atoms with E-state index in [-0.39, 0.29) is 5.91 Å². The van der Waals surface area contributed by atoms with E-state index in [9.17, 15) is 4.79 Å². The fourth-order valence-electron chi connectivity index (χ4n) is 0.700. The summed E-state index contributed by atoms with van der Waals surface area (Å²) in [6.45, 7) is 3.18. The monoisotopic (exact) mass is 272 g/mol. The molecule has 1 amide bonds. The fraction of sp³-hybridized carbons (Fsp3) is 0.333. The number of amides is 1. The molecule has 1 rings (SSSR count). The van der Waals surface area contributed by atoms with Crippen LogP contribution in [0.15, 0.2) is 15.9 Å². The molecule has 0 unspecified atom stereocenters. The second-order valence-corrected chi connectivity index (χ2v) is 5.76. The first kappa shape index (κ1) is 11.2. The first-order valence-corrected chi connectivity index (χ1v) is 5.55. The molecular weight excluding hydrogens is 264 g/mol. The van der Waals surface area contributed by atoms with Crippen LogP contribution in [0, 0.1) is 16.7 Å². The molecule has 0 spiro atoms. The summed E-state index contributed by atoms with van der Waals surface area (Å²) < 4.78 is 0.947. The van der Waals surface area contributed by atoms with Crippen molar-refractivity contribution in [3.8, 4) is 6.07 Å². The van der Waals surface area contributed by atoms with E-state index >= 15 is 0 Å². The highest BCUT2D eigenvalue weighted by Crippen LogP contribution is 2.28. The number of thiophene rings is 1. The van der Waals surface area contributed by atoms with Gasteiger partial charge in [0.15, 0.2) is 0 Å². The van der Waals surface area contributed by atoms with Gasteiger partial charge in [-0.3, -0.25) is 4.79 Å². The smallest absolute Gasteiger partial charge is 0.244 e. The van der Waals surface area contributed by atoms with Gasteiger partial charge in [-0.25, -0.2) is 0 Å². The number of rotatable bonds is 2. The third-order valence-corrected chi connectivity index (χ3v) is 3.20. The molecule has 0 atom stereocenters. The van der Waals surface area contributed by atoms with E-state index in [1.165, 1.54) is 11.3 Å². The first-order valence-electron chi connectivity index (χ1n) is 3.94. The summed E-state index contributed by atoms with van der Waals surface area (Å²) in [5, 5.41) is 12.2. The van der Waals surface area contributed by atoms with Gasteiger partial charge in [0.1, 0.15) is 5.41 Å². The lowest BCUT2D eigenvalue weighted by molar-refractivity contribution is -0.121. The normalized spacial score (nSPS) is 10.7. The molecular formula is C9H9BrN2OS. The van der Waals surface area contributed by atoms with Crippen LogP contribution in [-0.4, -0.2) is 5.91 Å². The molecule has 1 heterocycles. The number of carbonyl (C=O) groups is 1. The molecule has 0 saturated heterocycles. The Morgan fingerprint density at radius 3 is 2.71 bits per heavy atom. The van der Waals surface area contributed by atoms with Crippen LogP contribution < -0.4 is 5.32 Å². The van der Waals surface area contributed by atoms with E-state index in [4.69, 9.17) is 5.26 Å². The number of hydrogen-bond acceptors (Lipinski definition) is 3. The Bertz CT molecular complexity index is 392. The molecule has 3 nitrogen and oxygen atoms in total. The van der Waals surface area contributed by atoms with Gasteiger partial charge in [-0.05, 0) is 41.9 Å². The third-order valence-electron chi connectivity index (χ3n) is 1.66. The molecule has 0 fully saturated rings. The molecule has 0 bridgehead atoms. The highest BCUT2D eigenvalue weighted by molar-refractivity contribution is 9.11. The maximum atomic E-state index is 11.5. The zero-order valence-electron chi connectivity index (χ0n) is 7.80. The van der Waals surface area contributed by atoms with Crippen LogP contribution in [0.4, 0.5) is 5.00 Å². The van der Waals surface area contributed by atoms with Crippen molar-refractivity contribution < 1.29 is 4.79 Å². The van der Waals surface area contributed by atoms with Crippen LogP contribution in [0.5, 0.6) is 0 Å². The van der Waals surface area contributed by atoms with E-state index in [1.807, 2.05) is 12.1 Å². The molecule has 14 heavy (non-hydrogen) atoms. The van der Waals surface area contributed by atoms with E-state index in [0.717, 1.165) is 8.79 Å². The fourth-order valence-corrected chi connectivity index (χ4v) is 1.98. The molecule has 0 radical (unpaired) electrons. The minimum atomic E-state index is -0.990. The van der Waals surface area contributed by atoms with E-state index in [1.54, 1.807) is 19.9 Å². The van der Waals surface area contributed by atoms with Crippen LogP contribution >= 0.6 is 27.3 Å². The van der Waals surface area contributed by atoms with Crippen LogP contribution in [0.3, 0.4) is 0 Å². The molecule has 0 aromatic carbocycles. The molecule has 0 saturated carbocycles. The van der Waals surface area contributed by atoms with Gasteiger partial charge in [-0.15, -0.1) is 11.3 Å². The van der Waals surface area contributed by atoms with E-state index in [2.05, 4.69) is 21.2 Å². The number of nitrogens with zero attached hydrogens (tertiary/aromatic N) is 1. The van der Waals surface area contributed by atoms with Crippen LogP contribution in [0.2, 0.25) is 0 Å². The summed E-state index contributed by atoms with van der Waals surface area (Å²) in [5.74, 6) is -0.283. The van der Waals surface area contributed by atoms with Gasteiger partial charge in [0.25, 0.3) is 0 Å². The lowest BCUT2D eigenvalue weighted by atomic mass is 9.95. The Morgan fingerprint density at radius 2 is 2.29 bits per heavy atom. The second kappa shape index (κ2) is 4.11. The van der Waals surface area contributed by atoms with Crippen LogP contribution in [0.25, 0.3) is 0 Å². The Balaban J connectivity index is 2.72. The lowest BCUT2D eigenvalue weighted by Gasteiger charge is -2.13. The quantitative estimate of drug-likeness (QED) is 0.900. The van der Waals surface area contributed by atoms with Crippen molar-refractivity contribution in [2.45, 2.75) is 13.8 Å². The van der Waals surface area contributed by atoms with Gasteiger partial charge in [0.05, 0.1) is 14.9 Å². The minimum absolute atomic E-state index is 0.283. The van der Waals surface area contributed by atoms with Gasteiger partial charge in [0, 0.05) is 0 Å². The molecule has 0 aliphatic heterocycles. The largest absolute Gasteiger partial charge is 0.316 e. The number of nitriles is 1. The number of carbonyl (C=O) groups excluding carboxylic acids is 1. The SMILES string of the molecule is CC(C)(C#N)C(=O)Nc1ccc(Br)s1.